The van der Waals surface area contributed by atoms with Crippen LogP contribution in [0.25, 0.3) is 0 Å². The van der Waals surface area contributed by atoms with Gasteiger partial charge in [-0.05, 0) is 49.8 Å². The Labute approximate surface area is 118 Å². The topological polar surface area (TPSA) is 58.1 Å². The summed E-state index contributed by atoms with van der Waals surface area (Å²) in [4.78, 5) is 15.2. The number of hydrogen-bond acceptors (Lipinski definition) is 5. The standard InChI is InChI=1S/C13H22N4OS/c1-9(2)11-12(19-16-15-11)13(18)17(3)10-5-4-7-14-8-6-10/h9-10,14H,4-8H2,1-3H3. The van der Waals surface area contributed by atoms with Crippen LogP contribution >= 0.6 is 11.5 Å². The van der Waals surface area contributed by atoms with E-state index in [9.17, 15) is 4.79 Å². The van der Waals surface area contributed by atoms with Crippen molar-refractivity contribution in [3.63, 3.8) is 0 Å². The number of rotatable bonds is 3. The van der Waals surface area contributed by atoms with Gasteiger partial charge in [-0.2, -0.15) is 0 Å². The highest BCUT2D eigenvalue weighted by molar-refractivity contribution is 7.08. The molecule has 1 aromatic heterocycles. The minimum Gasteiger partial charge on any atom is -0.338 e. The maximum absolute atomic E-state index is 12.6. The monoisotopic (exact) mass is 282 g/mol. The molecule has 0 radical (unpaired) electrons. The molecule has 0 spiro atoms. The van der Waals surface area contributed by atoms with Crippen LogP contribution in [0.4, 0.5) is 0 Å². The predicted molar refractivity (Wildman–Crippen MR) is 76.6 cm³/mol. The largest absolute Gasteiger partial charge is 0.338 e. The quantitative estimate of drug-likeness (QED) is 0.919. The molecule has 0 bridgehead atoms. The van der Waals surface area contributed by atoms with Gasteiger partial charge >= 0.3 is 0 Å². The van der Waals surface area contributed by atoms with Gasteiger partial charge in [0.25, 0.3) is 5.91 Å². The lowest BCUT2D eigenvalue weighted by Gasteiger charge is -2.26. The molecule has 1 N–H and O–H groups in total. The van der Waals surface area contributed by atoms with Gasteiger partial charge in [0.1, 0.15) is 4.88 Å². The van der Waals surface area contributed by atoms with Crippen LogP contribution in [-0.4, -0.2) is 46.6 Å². The van der Waals surface area contributed by atoms with Crippen LogP contribution < -0.4 is 5.32 Å². The van der Waals surface area contributed by atoms with E-state index in [0.717, 1.165) is 38.0 Å². The molecule has 0 aliphatic carbocycles. The number of carbonyl (C=O) groups is 1. The first-order valence-electron chi connectivity index (χ1n) is 6.91. The fourth-order valence-corrected chi connectivity index (χ4v) is 3.24. The minimum atomic E-state index is 0.0746. The van der Waals surface area contributed by atoms with Gasteiger partial charge in [-0.15, -0.1) is 5.10 Å². The Hall–Kier alpha value is -1.01. The maximum atomic E-state index is 12.6. The third kappa shape index (κ3) is 3.30. The summed E-state index contributed by atoms with van der Waals surface area (Å²) in [6.07, 6.45) is 3.21. The molecule has 0 aromatic carbocycles. The average Bonchev–Trinajstić information content (AvgIpc) is 2.73. The van der Waals surface area contributed by atoms with Crippen LogP contribution in [0.15, 0.2) is 0 Å². The Morgan fingerprint density at radius 1 is 1.42 bits per heavy atom. The van der Waals surface area contributed by atoms with Crippen molar-refractivity contribution in [3.8, 4) is 0 Å². The summed E-state index contributed by atoms with van der Waals surface area (Å²) in [6, 6.07) is 0.324. The Balaban J connectivity index is 2.11. The van der Waals surface area contributed by atoms with Crippen molar-refractivity contribution in [2.75, 3.05) is 20.1 Å². The van der Waals surface area contributed by atoms with Gasteiger partial charge in [0.2, 0.25) is 0 Å². The molecule has 1 unspecified atom stereocenters. The molecule has 5 nitrogen and oxygen atoms in total. The smallest absolute Gasteiger partial charge is 0.267 e. The predicted octanol–water partition coefficient (Wildman–Crippen LogP) is 1.88. The molecule has 1 aliphatic heterocycles. The molecule has 1 saturated heterocycles. The number of hydrogen-bond donors (Lipinski definition) is 1. The van der Waals surface area contributed by atoms with Gasteiger partial charge in [0.05, 0.1) is 5.69 Å². The zero-order valence-electron chi connectivity index (χ0n) is 11.8. The number of nitrogens with one attached hydrogen (secondary N) is 1. The first-order valence-corrected chi connectivity index (χ1v) is 7.68. The van der Waals surface area contributed by atoms with E-state index in [2.05, 4.69) is 14.9 Å². The van der Waals surface area contributed by atoms with E-state index in [-0.39, 0.29) is 11.8 Å². The second kappa shape index (κ2) is 6.43. The van der Waals surface area contributed by atoms with Crippen molar-refractivity contribution < 1.29 is 4.79 Å². The minimum absolute atomic E-state index is 0.0746. The summed E-state index contributed by atoms with van der Waals surface area (Å²) in [7, 11) is 1.90. The van der Waals surface area contributed by atoms with Gasteiger partial charge in [0.15, 0.2) is 0 Å². The fraction of sp³-hybridized carbons (Fsp3) is 0.769. The third-order valence-corrected chi connectivity index (χ3v) is 4.40. The van der Waals surface area contributed by atoms with Gasteiger partial charge in [-0.25, -0.2) is 0 Å². The summed E-state index contributed by atoms with van der Waals surface area (Å²) in [5, 5.41) is 7.47. The molecule has 19 heavy (non-hydrogen) atoms. The highest BCUT2D eigenvalue weighted by atomic mass is 32.1. The third-order valence-electron chi connectivity index (χ3n) is 3.67. The first-order chi connectivity index (χ1) is 9.11. The first kappa shape index (κ1) is 14.4. The lowest BCUT2D eigenvalue weighted by atomic mass is 10.1. The number of aromatic nitrogens is 2. The van der Waals surface area contributed by atoms with E-state index >= 15 is 0 Å². The summed E-state index contributed by atoms with van der Waals surface area (Å²) in [5.41, 5.74) is 0.827. The molecule has 2 heterocycles. The van der Waals surface area contributed by atoms with Gasteiger partial charge < -0.3 is 10.2 Å². The summed E-state index contributed by atoms with van der Waals surface area (Å²) >= 11 is 1.22. The van der Waals surface area contributed by atoms with Crippen LogP contribution in [0.2, 0.25) is 0 Å². The van der Waals surface area contributed by atoms with Crippen LogP contribution in [0, 0.1) is 0 Å². The Morgan fingerprint density at radius 3 is 2.95 bits per heavy atom. The molecular formula is C13H22N4OS. The SMILES string of the molecule is CC(C)c1nnsc1C(=O)N(C)C1CCCNCC1. The highest BCUT2D eigenvalue weighted by Gasteiger charge is 2.26. The lowest BCUT2D eigenvalue weighted by molar-refractivity contribution is 0.0723. The van der Waals surface area contributed by atoms with Crippen LogP contribution in [0.3, 0.4) is 0 Å². The van der Waals surface area contributed by atoms with Crippen molar-refractivity contribution >= 4 is 17.4 Å². The van der Waals surface area contributed by atoms with E-state index < -0.39 is 0 Å². The number of amides is 1. The van der Waals surface area contributed by atoms with Crippen LogP contribution in [0.5, 0.6) is 0 Å². The Bertz CT molecular complexity index is 424. The fourth-order valence-electron chi connectivity index (χ4n) is 2.44. The molecule has 1 aromatic rings. The zero-order valence-corrected chi connectivity index (χ0v) is 12.7. The number of carbonyl (C=O) groups excluding carboxylic acids is 1. The van der Waals surface area contributed by atoms with Crippen LogP contribution in [0.1, 0.15) is 54.4 Å². The second-order valence-electron chi connectivity index (χ2n) is 5.39. The van der Waals surface area contributed by atoms with E-state index in [1.165, 1.54) is 11.5 Å². The number of nitrogens with zero attached hydrogens (tertiary/aromatic N) is 3. The summed E-state index contributed by atoms with van der Waals surface area (Å²) in [5.74, 6) is 0.313. The summed E-state index contributed by atoms with van der Waals surface area (Å²) < 4.78 is 3.94. The van der Waals surface area contributed by atoms with Crippen molar-refractivity contribution in [2.24, 2.45) is 0 Å². The van der Waals surface area contributed by atoms with Gasteiger partial charge in [-0.1, -0.05) is 18.3 Å². The molecule has 2 rings (SSSR count). The van der Waals surface area contributed by atoms with E-state index in [1.807, 2.05) is 25.8 Å². The summed E-state index contributed by atoms with van der Waals surface area (Å²) in [6.45, 7) is 6.13. The van der Waals surface area contributed by atoms with Crippen molar-refractivity contribution in [2.45, 2.75) is 45.1 Å². The molecule has 1 aliphatic rings. The Kier molecular flexibility index (Phi) is 4.87. The molecule has 0 saturated carbocycles. The van der Waals surface area contributed by atoms with E-state index in [4.69, 9.17) is 0 Å². The normalized spacial score (nSPS) is 20.3. The molecule has 6 heteroatoms. The Morgan fingerprint density at radius 2 is 2.21 bits per heavy atom. The molecular weight excluding hydrogens is 260 g/mol. The molecule has 1 atom stereocenters. The molecule has 1 fully saturated rings. The second-order valence-corrected chi connectivity index (χ2v) is 6.15. The lowest BCUT2D eigenvalue weighted by Crippen LogP contribution is -2.37. The van der Waals surface area contributed by atoms with Crippen LogP contribution in [-0.2, 0) is 0 Å². The average molecular weight is 282 g/mol. The zero-order chi connectivity index (χ0) is 13.8. The van der Waals surface area contributed by atoms with E-state index in [0.29, 0.717) is 10.9 Å². The van der Waals surface area contributed by atoms with Crippen molar-refractivity contribution in [1.82, 2.24) is 19.8 Å². The highest BCUT2D eigenvalue weighted by Crippen LogP contribution is 2.23. The van der Waals surface area contributed by atoms with Gasteiger partial charge in [-0.3, -0.25) is 4.79 Å². The van der Waals surface area contributed by atoms with E-state index in [1.54, 1.807) is 0 Å². The molecule has 106 valence electrons. The van der Waals surface area contributed by atoms with Crippen molar-refractivity contribution in [3.05, 3.63) is 10.6 Å². The maximum Gasteiger partial charge on any atom is 0.267 e. The van der Waals surface area contributed by atoms with Gasteiger partial charge in [0, 0.05) is 13.1 Å². The van der Waals surface area contributed by atoms with Crippen molar-refractivity contribution in [1.29, 1.82) is 0 Å². The molecule has 1 amide bonds.